The zero-order chi connectivity index (χ0) is 22.3. The van der Waals surface area contributed by atoms with Gasteiger partial charge in [0.05, 0.1) is 33.9 Å². The Morgan fingerprint density at radius 1 is 1.25 bits per heavy atom. The Labute approximate surface area is 191 Å². The summed E-state index contributed by atoms with van der Waals surface area (Å²) in [6, 6.07) is 8.01. The minimum atomic E-state index is -0.725. The number of nitrogens with zero attached hydrogens (tertiary/aromatic N) is 6. The second-order valence-corrected chi connectivity index (χ2v) is 9.19. The zero-order valence-corrected chi connectivity index (χ0v) is 18.4. The number of nitriles is 1. The van der Waals surface area contributed by atoms with Crippen LogP contribution in [0.3, 0.4) is 0 Å². The molecule has 32 heavy (non-hydrogen) atoms. The highest BCUT2D eigenvalue weighted by molar-refractivity contribution is 7.15. The summed E-state index contributed by atoms with van der Waals surface area (Å²) in [5, 5.41) is 21.2. The van der Waals surface area contributed by atoms with Crippen LogP contribution in [-0.2, 0) is 18.4 Å². The van der Waals surface area contributed by atoms with E-state index < -0.39 is 5.41 Å². The van der Waals surface area contributed by atoms with Crippen LogP contribution in [0.5, 0.6) is 0 Å². The third-order valence-electron chi connectivity index (χ3n) is 5.37. The van der Waals surface area contributed by atoms with Gasteiger partial charge in [0, 0.05) is 26.0 Å². The Balaban J connectivity index is 0.00000162. The van der Waals surface area contributed by atoms with E-state index in [2.05, 4.69) is 42.6 Å². The van der Waals surface area contributed by atoms with Crippen LogP contribution in [0.15, 0.2) is 35.0 Å². The summed E-state index contributed by atoms with van der Waals surface area (Å²) in [6.45, 7) is 5.47. The van der Waals surface area contributed by atoms with Crippen molar-refractivity contribution in [2.45, 2.75) is 32.2 Å². The highest BCUT2D eigenvalue weighted by Gasteiger charge is 2.23. The predicted molar refractivity (Wildman–Crippen MR) is 125 cm³/mol. The number of hydrogen-bond acceptors (Lipinski definition) is 10. The molecule has 1 aliphatic heterocycles. The maximum Gasteiger partial charge on any atom is 0.270 e. The minimum Gasteiger partial charge on any atom is -0.414 e. The van der Waals surface area contributed by atoms with Gasteiger partial charge in [-0.3, -0.25) is 4.98 Å². The van der Waals surface area contributed by atoms with Crippen molar-refractivity contribution in [1.82, 2.24) is 30.5 Å². The first kappa shape index (κ1) is 20.2. The normalized spacial score (nSPS) is 13.5. The molecule has 0 amide bonds. The average molecular weight is 449 g/mol. The number of fused-ring (bicyclic) bond motifs is 1. The van der Waals surface area contributed by atoms with Gasteiger partial charge in [-0.15, -0.1) is 21.5 Å². The number of pyridine rings is 1. The second-order valence-electron chi connectivity index (χ2n) is 8.05. The second kappa shape index (κ2) is 7.78. The fourth-order valence-corrected chi connectivity index (χ4v) is 4.56. The molecule has 4 aromatic heterocycles. The summed E-state index contributed by atoms with van der Waals surface area (Å²) >= 11 is 1.65. The van der Waals surface area contributed by atoms with Crippen molar-refractivity contribution in [1.29, 1.82) is 5.26 Å². The first-order valence-corrected chi connectivity index (χ1v) is 10.9. The third kappa shape index (κ3) is 3.62. The van der Waals surface area contributed by atoms with Gasteiger partial charge >= 0.3 is 0 Å². The Morgan fingerprint density at radius 2 is 2.09 bits per heavy atom. The lowest BCUT2D eigenvalue weighted by Crippen LogP contribution is -2.21. The molecule has 0 spiro atoms. The standard InChI is InChI=1S/C22H20N8OS.2H2/c1-22(2,11-23)17-8-12(4-6-26-17)14-9-27-19(24)18(28-14)21-30-29-20(31-21)15-7-13-3-5-25-10-16(13)32-15;;/h4,6-9,25H,3,5,10H2,1-2H3,(H2,24,27);2*1H. The number of anilines is 1. The van der Waals surface area contributed by atoms with E-state index >= 15 is 0 Å². The van der Waals surface area contributed by atoms with Crippen LogP contribution < -0.4 is 11.1 Å². The number of nitrogens with two attached hydrogens (primary N) is 1. The van der Waals surface area contributed by atoms with E-state index in [0.29, 0.717) is 23.0 Å². The van der Waals surface area contributed by atoms with Gasteiger partial charge in [0.25, 0.3) is 11.8 Å². The fourth-order valence-electron chi connectivity index (χ4n) is 3.46. The van der Waals surface area contributed by atoms with Crippen molar-refractivity contribution in [3.05, 3.63) is 46.7 Å². The van der Waals surface area contributed by atoms with Crippen LogP contribution in [0, 0.1) is 11.3 Å². The number of nitrogen functional groups attached to an aromatic ring is 1. The number of nitrogens with one attached hydrogen (secondary N) is 1. The SMILES string of the molecule is CC(C)(C#N)c1cc(-c2cnc(N)c(-c3nnc(-c4cc5c(s4)CNCC5)o3)n2)ccn1.[HH].[HH]. The molecule has 0 unspecified atom stereocenters. The molecule has 10 heteroatoms. The van der Waals surface area contributed by atoms with Crippen LogP contribution in [0.2, 0.25) is 0 Å². The first-order chi connectivity index (χ1) is 15.4. The van der Waals surface area contributed by atoms with Crippen LogP contribution >= 0.6 is 11.3 Å². The molecule has 4 aromatic rings. The largest absolute Gasteiger partial charge is 0.414 e. The van der Waals surface area contributed by atoms with Crippen molar-refractivity contribution in [2.24, 2.45) is 0 Å². The van der Waals surface area contributed by atoms with Crippen molar-refractivity contribution in [3.8, 4) is 39.7 Å². The highest BCUT2D eigenvalue weighted by atomic mass is 32.1. The molecule has 0 aromatic carbocycles. The fraction of sp³-hybridized carbons (Fsp3) is 0.273. The van der Waals surface area contributed by atoms with Crippen molar-refractivity contribution < 1.29 is 7.27 Å². The third-order valence-corrected chi connectivity index (χ3v) is 6.53. The van der Waals surface area contributed by atoms with Gasteiger partial charge in [-0.1, -0.05) is 0 Å². The monoisotopic (exact) mass is 448 g/mol. The molecule has 1 aliphatic rings. The number of thiophene rings is 1. The molecule has 5 heterocycles. The van der Waals surface area contributed by atoms with Crippen LogP contribution in [-0.4, -0.2) is 31.7 Å². The molecule has 5 rings (SSSR count). The van der Waals surface area contributed by atoms with Crippen LogP contribution in [0.4, 0.5) is 5.82 Å². The van der Waals surface area contributed by atoms with E-state index in [9.17, 15) is 5.26 Å². The van der Waals surface area contributed by atoms with Gasteiger partial charge in [0.15, 0.2) is 11.5 Å². The smallest absolute Gasteiger partial charge is 0.270 e. The van der Waals surface area contributed by atoms with Gasteiger partial charge < -0.3 is 15.5 Å². The molecular weight excluding hydrogens is 424 g/mol. The molecule has 0 fully saturated rings. The van der Waals surface area contributed by atoms with E-state index in [1.165, 1.54) is 10.4 Å². The van der Waals surface area contributed by atoms with E-state index in [1.54, 1.807) is 23.7 Å². The molecule has 9 nitrogen and oxygen atoms in total. The lowest BCUT2D eigenvalue weighted by molar-refractivity contribution is 0.583. The Bertz CT molecular complexity index is 1340. The number of hydrogen-bond donors (Lipinski definition) is 2. The maximum absolute atomic E-state index is 9.42. The maximum atomic E-state index is 9.42. The molecule has 0 saturated carbocycles. The molecular formula is C22H24N8OS. The van der Waals surface area contributed by atoms with E-state index in [-0.39, 0.29) is 14.6 Å². The Kier molecular flexibility index (Phi) is 4.92. The lowest BCUT2D eigenvalue weighted by Gasteiger charge is -2.15. The lowest BCUT2D eigenvalue weighted by atomic mass is 9.90. The number of rotatable bonds is 4. The summed E-state index contributed by atoms with van der Waals surface area (Å²) in [5.41, 5.74) is 8.99. The quantitative estimate of drug-likeness (QED) is 0.476. The van der Waals surface area contributed by atoms with Crippen LogP contribution in [0.1, 0.15) is 32.8 Å². The first-order valence-electron chi connectivity index (χ1n) is 10.1. The van der Waals surface area contributed by atoms with E-state index in [0.717, 1.165) is 30.0 Å². The van der Waals surface area contributed by atoms with Crippen LogP contribution in [0.25, 0.3) is 33.6 Å². The number of aromatic nitrogens is 5. The van der Waals surface area contributed by atoms with Gasteiger partial charge in [-0.2, -0.15) is 5.26 Å². The van der Waals surface area contributed by atoms with Crippen molar-refractivity contribution >= 4 is 17.2 Å². The Hall–Kier alpha value is -3.68. The van der Waals surface area contributed by atoms with Gasteiger partial charge in [0.2, 0.25) is 0 Å². The molecule has 0 atom stereocenters. The molecule has 0 aliphatic carbocycles. The summed E-state index contributed by atoms with van der Waals surface area (Å²) < 4.78 is 5.93. The predicted octanol–water partition coefficient (Wildman–Crippen LogP) is 3.84. The summed E-state index contributed by atoms with van der Waals surface area (Å²) in [7, 11) is 0. The summed E-state index contributed by atoms with van der Waals surface area (Å²) in [4.78, 5) is 15.5. The minimum absolute atomic E-state index is 0. The van der Waals surface area contributed by atoms with Gasteiger partial charge in [0.1, 0.15) is 0 Å². The van der Waals surface area contributed by atoms with Gasteiger partial charge in [-0.25, -0.2) is 9.97 Å². The van der Waals surface area contributed by atoms with Crippen molar-refractivity contribution in [3.63, 3.8) is 0 Å². The topological polar surface area (TPSA) is 139 Å². The molecule has 0 saturated heterocycles. The highest BCUT2D eigenvalue weighted by Crippen LogP contribution is 2.34. The van der Waals surface area contributed by atoms with E-state index in [1.807, 2.05) is 26.0 Å². The molecule has 0 bridgehead atoms. The Morgan fingerprint density at radius 3 is 2.91 bits per heavy atom. The summed E-state index contributed by atoms with van der Waals surface area (Å²) in [6.07, 6.45) is 4.22. The molecule has 0 radical (unpaired) electrons. The van der Waals surface area contributed by atoms with Crippen molar-refractivity contribution in [2.75, 3.05) is 12.3 Å². The zero-order valence-electron chi connectivity index (χ0n) is 17.6. The average Bonchev–Trinajstić information content (AvgIpc) is 3.47. The van der Waals surface area contributed by atoms with Gasteiger partial charge in [-0.05, 0) is 50.6 Å². The van der Waals surface area contributed by atoms with E-state index in [4.69, 9.17) is 10.2 Å². The summed E-state index contributed by atoms with van der Waals surface area (Å²) in [5.74, 6) is 0.848. The molecule has 3 N–H and O–H groups in total. The molecule has 164 valence electrons.